The van der Waals surface area contributed by atoms with Crippen molar-refractivity contribution >= 4 is 17.9 Å². The molecule has 0 bridgehead atoms. The van der Waals surface area contributed by atoms with Crippen molar-refractivity contribution in [1.82, 2.24) is 0 Å². The summed E-state index contributed by atoms with van der Waals surface area (Å²) in [6.07, 6.45) is 27.8. The Morgan fingerprint density at radius 3 is 1.13 bits per heavy atom. The molecule has 4 aromatic carbocycles. The number of rotatable bonds is 15. The summed E-state index contributed by atoms with van der Waals surface area (Å²) >= 11 is 0. The van der Waals surface area contributed by atoms with Crippen LogP contribution in [0.4, 0.5) is 0 Å². The molecule has 68 heavy (non-hydrogen) atoms. The molecule has 0 radical (unpaired) electrons. The zero-order valence-electron chi connectivity index (χ0n) is 41.2. The fourth-order valence-corrected chi connectivity index (χ4v) is 10.4. The molecular formula is C62H76O6. The van der Waals surface area contributed by atoms with Crippen LogP contribution in [0, 0.1) is 35.5 Å². The lowest BCUT2D eigenvalue weighted by Crippen LogP contribution is -2.25. The van der Waals surface area contributed by atoms with Gasteiger partial charge in [0, 0.05) is 29.4 Å². The SMILES string of the molecule is C=CC(=O)Oc1ccc(C#Cc2ccc(CCC)cc2)cc1.C=CC(=O)Oc1ccc(C2CCC(C3CCC(CCC)CC3)CC2)cc1.C=CC(=O)Oc1ccc(C2CCC(CCC)CC2)cc1. The van der Waals surface area contributed by atoms with E-state index in [-0.39, 0.29) is 0 Å². The highest BCUT2D eigenvalue weighted by atomic mass is 16.5. The lowest BCUT2D eigenvalue weighted by molar-refractivity contribution is -0.129. The van der Waals surface area contributed by atoms with Gasteiger partial charge in [0.15, 0.2) is 0 Å². The first kappa shape index (κ1) is 53.0. The number of esters is 3. The van der Waals surface area contributed by atoms with Gasteiger partial charge >= 0.3 is 17.9 Å². The van der Waals surface area contributed by atoms with E-state index in [0.717, 1.165) is 53.7 Å². The summed E-state index contributed by atoms with van der Waals surface area (Å²) in [6.45, 7) is 17.0. The highest BCUT2D eigenvalue weighted by Crippen LogP contribution is 2.45. The van der Waals surface area contributed by atoms with Gasteiger partial charge in [0.2, 0.25) is 0 Å². The van der Waals surface area contributed by atoms with Gasteiger partial charge in [-0.05, 0) is 183 Å². The minimum Gasteiger partial charge on any atom is -0.423 e. The molecule has 0 amide bonds. The zero-order valence-corrected chi connectivity index (χ0v) is 41.2. The first-order valence-corrected chi connectivity index (χ1v) is 25.6. The molecule has 0 unspecified atom stereocenters. The quantitative estimate of drug-likeness (QED) is 0.0512. The Balaban J connectivity index is 0.000000192. The highest BCUT2D eigenvalue weighted by Gasteiger charge is 2.31. The van der Waals surface area contributed by atoms with Crippen molar-refractivity contribution in [2.75, 3.05) is 0 Å². The molecule has 0 aromatic heterocycles. The van der Waals surface area contributed by atoms with Crippen molar-refractivity contribution in [2.24, 2.45) is 23.7 Å². The number of carbonyl (C=O) groups is 3. The molecule has 3 saturated carbocycles. The maximum absolute atomic E-state index is 11.3. The largest absolute Gasteiger partial charge is 0.423 e. The van der Waals surface area contributed by atoms with Gasteiger partial charge in [0.05, 0.1) is 0 Å². The summed E-state index contributed by atoms with van der Waals surface area (Å²) in [7, 11) is 0. The predicted octanol–water partition coefficient (Wildman–Crippen LogP) is 15.6. The summed E-state index contributed by atoms with van der Waals surface area (Å²) < 4.78 is 15.3. The minimum absolute atomic E-state index is 0.396. The van der Waals surface area contributed by atoms with Gasteiger partial charge in [-0.2, -0.15) is 0 Å². The van der Waals surface area contributed by atoms with E-state index in [1.807, 2.05) is 48.5 Å². The van der Waals surface area contributed by atoms with E-state index >= 15 is 0 Å². The molecule has 360 valence electrons. The van der Waals surface area contributed by atoms with Crippen molar-refractivity contribution < 1.29 is 28.6 Å². The molecule has 3 aliphatic carbocycles. The second-order valence-corrected chi connectivity index (χ2v) is 18.9. The summed E-state index contributed by atoms with van der Waals surface area (Å²) in [5.74, 6) is 11.9. The summed E-state index contributed by atoms with van der Waals surface area (Å²) in [5, 5.41) is 0. The first-order chi connectivity index (χ1) is 33.1. The van der Waals surface area contributed by atoms with Crippen LogP contribution in [0.3, 0.4) is 0 Å². The Bertz CT molecular complexity index is 2220. The van der Waals surface area contributed by atoms with Crippen LogP contribution in [-0.2, 0) is 20.8 Å². The Labute approximate surface area is 408 Å². The molecular weight excluding hydrogens is 841 g/mol. The Hall–Kier alpha value is -5.93. The van der Waals surface area contributed by atoms with Crippen LogP contribution in [0.5, 0.6) is 17.2 Å². The summed E-state index contributed by atoms with van der Waals surface area (Å²) in [6, 6.07) is 31.4. The van der Waals surface area contributed by atoms with Gasteiger partial charge in [-0.1, -0.05) is 134 Å². The highest BCUT2D eigenvalue weighted by molar-refractivity contribution is 5.84. The Kier molecular flexibility index (Phi) is 22.7. The molecule has 0 spiro atoms. The minimum atomic E-state index is -0.467. The number of aryl methyl sites for hydroxylation is 1. The average molecular weight is 917 g/mol. The lowest BCUT2D eigenvalue weighted by atomic mass is 9.68. The molecule has 3 fully saturated rings. The normalized spacial score (nSPS) is 20.8. The van der Waals surface area contributed by atoms with Gasteiger partial charge in [0.25, 0.3) is 0 Å². The van der Waals surface area contributed by atoms with Crippen molar-refractivity contribution in [2.45, 2.75) is 148 Å². The van der Waals surface area contributed by atoms with Crippen LogP contribution in [0.1, 0.15) is 170 Å². The Morgan fingerprint density at radius 1 is 0.456 bits per heavy atom. The van der Waals surface area contributed by atoms with Crippen molar-refractivity contribution in [3.05, 3.63) is 163 Å². The maximum atomic E-state index is 11.3. The van der Waals surface area contributed by atoms with Gasteiger partial charge in [-0.25, -0.2) is 14.4 Å². The van der Waals surface area contributed by atoms with Crippen LogP contribution < -0.4 is 14.2 Å². The van der Waals surface area contributed by atoms with E-state index in [0.29, 0.717) is 29.1 Å². The van der Waals surface area contributed by atoms with Gasteiger partial charge in [0.1, 0.15) is 17.2 Å². The Morgan fingerprint density at radius 2 is 0.779 bits per heavy atom. The molecule has 0 saturated heterocycles. The fraction of sp³-hybridized carbons (Fsp3) is 0.435. The third-order valence-corrected chi connectivity index (χ3v) is 14.1. The van der Waals surface area contributed by atoms with Crippen LogP contribution >= 0.6 is 0 Å². The summed E-state index contributed by atoms with van der Waals surface area (Å²) in [5.41, 5.74) is 5.96. The van der Waals surface area contributed by atoms with Crippen molar-refractivity contribution in [1.29, 1.82) is 0 Å². The third kappa shape index (κ3) is 17.9. The van der Waals surface area contributed by atoms with Crippen molar-refractivity contribution in [3.8, 4) is 29.1 Å². The van der Waals surface area contributed by atoms with Gasteiger partial charge < -0.3 is 14.2 Å². The topological polar surface area (TPSA) is 78.9 Å². The summed E-state index contributed by atoms with van der Waals surface area (Å²) in [4.78, 5) is 33.5. The van der Waals surface area contributed by atoms with E-state index < -0.39 is 17.9 Å². The van der Waals surface area contributed by atoms with Crippen LogP contribution in [-0.4, -0.2) is 17.9 Å². The fourth-order valence-electron chi connectivity index (χ4n) is 10.4. The lowest BCUT2D eigenvalue weighted by Gasteiger charge is -2.38. The number of ether oxygens (including phenoxy) is 3. The second-order valence-electron chi connectivity index (χ2n) is 18.9. The maximum Gasteiger partial charge on any atom is 0.335 e. The molecule has 3 aliphatic rings. The van der Waals surface area contributed by atoms with E-state index in [1.54, 1.807) is 12.1 Å². The number of hydrogen-bond donors (Lipinski definition) is 0. The van der Waals surface area contributed by atoms with E-state index in [9.17, 15) is 14.4 Å². The molecule has 0 N–H and O–H groups in total. The van der Waals surface area contributed by atoms with Crippen LogP contribution in [0.25, 0.3) is 0 Å². The molecule has 4 aromatic rings. The smallest absolute Gasteiger partial charge is 0.335 e. The van der Waals surface area contributed by atoms with Gasteiger partial charge in [-0.3, -0.25) is 0 Å². The third-order valence-electron chi connectivity index (χ3n) is 14.1. The monoisotopic (exact) mass is 917 g/mol. The standard InChI is InChI=1S/C24H34O2.C20H18O2.C18H24O2/c1-3-5-18-6-8-19(9-7-18)20-10-12-21(13-11-20)22-14-16-23(17-15-22)26-24(25)4-2;1-3-5-16-6-8-17(9-7-16)10-11-18-12-14-19(15-13-18)22-20(21)4-2;1-3-5-14-6-8-15(9-7-14)16-10-12-17(13-11-16)20-18(19)4-2/h4,14-21H,2-3,5-13H2,1H3;4,6-9,12-15H,2-3,5H2,1H3;4,10-15H,2-3,5-9H2,1H3. The average Bonchev–Trinajstić information content (AvgIpc) is 3.38. The zero-order chi connectivity index (χ0) is 48.5. The van der Waals surface area contributed by atoms with E-state index in [1.165, 1.54) is 132 Å². The second kappa shape index (κ2) is 29.1. The van der Waals surface area contributed by atoms with Crippen LogP contribution in [0.2, 0.25) is 0 Å². The van der Waals surface area contributed by atoms with Gasteiger partial charge in [-0.15, -0.1) is 0 Å². The van der Waals surface area contributed by atoms with E-state index in [2.05, 4.69) is 88.7 Å². The number of carbonyl (C=O) groups excluding carboxylic acids is 3. The molecule has 6 nitrogen and oxygen atoms in total. The molecule has 0 atom stereocenters. The molecule has 6 heteroatoms. The van der Waals surface area contributed by atoms with Crippen LogP contribution in [0.15, 0.2) is 135 Å². The number of hydrogen-bond acceptors (Lipinski definition) is 6. The number of benzene rings is 4. The van der Waals surface area contributed by atoms with Crippen molar-refractivity contribution in [3.63, 3.8) is 0 Å². The predicted molar refractivity (Wildman–Crippen MR) is 278 cm³/mol. The molecule has 0 heterocycles. The molecule has 0 aliphatic heterocycles. The molecule has 7 rings (SSSR count). The van der Waals surface area contributed by atoms with E-state index in [4.69, 9.17) is 14.2 Å². The first-order valence-electron chi connectivity index (χ1n) is 25.6.